The van der Waals surface area contributed by atoms with E-state index in [-0.39, 0.29) is 36.0 Å². The van der Waals surface area contributed by atoms with E-state index in [1.165, 1.54) is 4.90 Å². The number of nitrogens with one attached hydrogen (secondary N) is 1. The number of benzene rings is 1. The number of hydrogen-bond acceptors (Lipinski definition) is 5. The Morgan fingerprint density at radius 2 is 2.03 bits per heavy atom. The second-order valence-corrected chi connectivity index (χ2v) is 11.2. The summed E-state index contributed by atoms with van der Waals surface area (Å²) in [7, 11) is 0. The van der Waals surface area contributed by atoms with Crippen molar-refractivity contribution in [2.75, 3.05) is 38.1 Å². The Morgan fingerprint density at radius 3 is 2.71 bits per heavy atom. The van der Waals surface area contributed by atoms with Gasteiger partial charge in [0.15, 0.2) is 5.72 Å². The number of amides is 3. The average Bonchev–Trinajstić information content (AvgIpc) is 3.50. The van der Waals surface area contributed by atoms with Crippen molar-refractivity contribution in [2.45, 2.75) is 63.4 Å². The van der Waals surface area contributed by atoms with Crippen LogP contribution >= 0.6 is 23.2 Å². The van der Waals surface area contributed by atoms with Gasteiger partial charge in [0.05, 0.1) is 35.3 Å². The molecule has 1 aliphatic carbocycles. The highest BCUT2D eigenvalue weighted by molar-refractivity contribution is 6.42. The molecular weight excluding hydrogens is 479 g/mol. The number of piperazine rings is 1. The summed E-state index contributed by atoms with van der Waals surface area (Å²) in [5.41, 5.74) is -0.179. The van der Waals surface area contributed by atoms with Gasteiger partial charge in [0.25, 0.3) is 0 Å². The lowest BCUT2D eigenvalue weighted by Gasteiger charge is -2.48. The molecule has 1 saturated carbocycles. The van der Waals surface area contributed by atoms with Crippen molar-refractivity contribution >= 4 is 40.8 Å². The molecule has 4 fully saturated rings. The van der Waals surface area contributed by atoms with E-state index in [2.05, 4.69) is 10.2 Å². The summed E-state index contributed by atoms with van der Waals surface area (Å²) in [5, 5.41) is 14.1. The zero-order valence-electron chi connectivity index (χ0n) is 19.6. The SMILES string of the molecule is C[C@H]1C(=O)N2[C@@H](CCN3CCC4(CC4)[C@H](O)C3)CO[C@]2(C)CN1C(=O)Nc1ccc(Cl)c(Cl)c1. The van der Waals surface area contributed by atoms with Crippen molar-refractivity contribution in [3.8, 4) is 0 Å². The molecule has 4 atom stereocenters. The summed E-state index contributed by atoms with van der Waals surface area (Å²) in [5.74, 6) is -0.115. The highest BCUT2D eigenvalue weighted by atomic mass is 35.5. The molecule has 5 rings (SSSR count). The van der Waals surface area contributed by atoms with E-state index in [1.807, 2.05) is 11.8 Å². The summed E-state index contributed by atoms with van der Waals surface area (Å²) < 4.78 is 6.12. The number of hydrogen-bond donors (Lipinski definition) is 2. The average molecular weight is 511 g/mol. The molecule has 3 heterocycles. The molecular formula is C24H32Cl2N4O4. The summed E-state index contributed by atoms with van der Waals surface area (Å²) in [6.45, 7) is 6.86. The van der Waals surface area contributed by atoms with E-state index in [4.69, 9.17) is 27.9 Å². The highest BCUT2D eigenvalue weighted by Gasteiger charge is 2.55. The molecule has 3 saturated heterocycles. The number of rotatable bonds is 4. The number of nitrogens with zero attached hydrogens (tertiary/aromatic N) is 3. The van der Waals surface area contributed by atoms with Gasteiger partial charge in [0.2, 0.25) is 5.91 Å². The molecule has 0 unspecified atom stereocenters. The van der Waals surface area contributed by atoms with Crippen LogP contribution in [-0.4, -0.2) is 88.4 Å². The van der Waals surface area contributed by atoms with Gasteiger partial charge >= 0.3 is 6.03 Å². The van der Waals surface area contributed by atoms with Crippen LogP contribution in [0.15, 0.2) is 18.2 Å². The fraction of sp³-hybridized carbons (Fsp3) is 0.667. The number of piperidine rings is 1. The van der Waals surface area contributed by atoms with Crippen LogP contribution in [0.5, 0.6) is 0 Å². The summed E-state index contributed by atoms with van der Waals surface area (Å²) in [6.07, 6.45) is 3.88. The third kappa shape index (κ3) is 4.28. The molecule has 4 aliphatic rings. The molecule has 3 amide bonds. The number of halogens is 2. The van der Waals surface area contributed by atoms with Crippen LogP contribution in [0, 0.1) is 5.41 Å². The van der Waals surface area contributed by atoms with Crippen LogP contribution < -0.4 is 5.32 Å². The van der Waals surface area contributed by atoms with Gasteiger partial charge in [-0.05, 0) is 69.7 Å². The van der Waals surface area contributed by atoms with Crippen LogP contribution in [-0.2, 0) is 9.53 Å². The number of β-amino-alcohol motifs (C(OH)–C–C–N with tert-alkyl or cyclic N) is 1. The number of ether oxygens (including phenoxy) is 1. The maximum Gasteiger partial charge on any atom is 0.322 e. The number of carbonyl (C=O) groups excluding carboxylic acids is 2. The first kappa shape index (κ1) is 24.1. The lowest BCUT2D eigenvalue weighted by atomic mass is 9.90. The Morgan fingerprint density at radius 1 is 1.26 bits per heavy atom. The van der Waals surface area contributed by atoms with Gasteiger partial charge in [0.1, 0.15) is 6.04 Å². The smallest absolute Gasteiger partial charge is 0.322 e. The Labute approximate surface area is 210 Å². The van der Waals surface area contributed by atoms with Crippen molar-refractivity contribution in [1.82, 2.24) is 14.7 Å². The van der Waals surface area contributed by atoms with Gasteiger partial charge in [-0.2, -0.15) is 0 Å². The number of likely N-dealkylation sites (tertiary alicyclic amines) is 1. The molecule has 0 aromatic heterocycles. The number of anilines is 1. The fourth-order valence-corrected chi connectivity index (χ4v) is 6.01. The number of urea groups is 1. The molecule has 186 valence electrons. The van der Waals surface area contributed by atoms with E-state index in [0.717, 1.165) is 38.8 Å². The first-order chi connectivity index (χ1) is 16.1. The van der Waals surface area contributed by atoms with Gasteiger partial charge in [-0.1, -0.05) is 23.2 Å². The number of fused-ring (bicyclic) bond motifs is 1. The van der Waals surface area contributed by atoms with Gasteiger partial charge in [0, 0.05) is 18.8 Å². The first-order valence-corrected chi connectivity index (χ1v) is 12.8. The summed E-state index contributed by atoms with van der Waals surface area (Å²) in [6, 6.07) is 3.81. The summed E-state index contributed by atoms with van der Waals surface area (Å²) >= 11 is 12.0. The third-order valence-corrected chi connectivity index (χ3v) is 8.89. The molecule has 1 spiro atoms. The minimum absolute atomic E-state index is 0.0470. The molecule has 10 heteroatoms. The number of aliphatic hydroxyl groups excluding tert-OH is 1. The highest BCUT2D eigenvalue weighted by Crippen LogP contribution is 2.53. The van der Waals surface area contributed by atoms with Crippen molar-refractivity contribution in [3.05, 3.63) is 28.2 Å². The van der Waals surface area contributed by atoms with Crippen molar-refractivity contribution < 1.29 is 19.4 Å². The van der Waals surface area contributed by atoms with Gasteiger partial charge < -0.3 is 29.9 Å². The second-order valence-electron chi connectivity index (χ2n) is 10.4. The summed E-state index contributed by atoms with van der Waals surface area (Å²) in [4.78, 5) is 32.1. The molecule has 8 nitrogen and oxygen atoms in total. The molecule has 3 aliphatic heterocycles. The maximum absolute atomic E-state index is 13.4. The monoisotopic (exact) mass is 510 g/mol. The molecule has 34 heavy (non-hydrogen) atoms. The largest absolute Gasteiger partial charge is 0.391 e. The molecule has 2 N–H and O–H groups in total. The third-order valence-electron chi connectivity index (χ3n) is 8.15. The van der Waals surface area contributed by atoms with E-state index >= 15 is 0 Å². The van der Waals surface area contributed by atoms with Crippen LogP contribution in [0.25, 0.3) is 0 Å². The minimum atomic E-state index is -0.872. The van der Waals surface area contributed by atoms with E-state index in [9.17, 15) is 14.7 Å². The second kappa shape index (κ2) is 8.82. The van der Waals surface area contributed by atoms with Gasteiger partial charge in [-0.15, -0.1) is 0 Å². The van der Waals surface area contributed by atoms with Crippen molar-refractivity contribution in [2.24, 2.45) is 5.41 Å². The Hall–Kier alpha value is -1.58. The minimum Gasteiger partial charge on any atom is -0.391 e. The van der Waals surface area contributed by atoms with Crippen LogP contribution in [0.2, 0.25) is 10.0 Å². The van der Waals surface area contributed by atoms with Crippen LogP contribution in [0.1, 0.15) is 39.5 Å². The maximum atomic E-state index is 13.4. The van der Waals surface area contributed by atoms with Crippen molar-refractivity contribution in [3.63, 3.8) is 0 Å². The topological polar surface area (TPSA) is 85.4 Å². The van der Waals surface area contributed by atoms with E-state index < -0.39 is 11.8 Å². The first-order valence-electron chi connectivity index (χ1n) is 12.0. The Kier molecular flexibility index (Phi) is 6.26. The Balaban J connectivity index is 1.21. The number of carbonyl (C=O) groups is 2. The fourth-order valence-electron chi connectivity index (χ4n) is 5.71. The standard InChI is InChI=1S/C24H32Cl2N4O4/c1-15-21(32)30-17(5-9-28-10-8-24(6-7-24)20(31)12-28)13-34-23(30,2)14-29(15)22(33)27-16-3-4-18(25)19(26)11-16/h3-4,11,15,17,20,31H,5-10,12-14H2,1-2H3,(H,27,33)/t15-,17-,20+,23+/m0/s1. The van der Waals surface area contributed by atoms with E-state index in [1.54, 1.807) is 25.1 Å². The zero-order valence-corrected chi connectivity index (χ0v) is 21.1. The quantitative estimate of drug-likeness (QED) is 0.648. The zero-order chi connectivity index (χ0) is 24.3. The lowest BCUT2D eigenvalue weighted by molar-refractivity contribution is -0.167. The lowest BCUT2D eigenvalue weighted by Crippen LogP contribution is -2.68. The normalized spacial score (nSPS) is 32.7. The Bertz CT molecular complexity index is 990. The predicted molar refractivity (Wildman–Crippen MR) is 130 cm³/mol. The molecule has 1 aromatic rings. The molecule has 0 bridgehead atoms. The van der Waals surface area contributed by atoms with Gasteiger partial charge in [-0.3, -0.25) is 4.79 Å². The van der Waals surface area contributed by atoms with Crippen LogP contribution in [0.4, 0.5) is 10.5 Å². The predicted octanol–water partition coefficient (Wildman–Crippen LogP) is 3.41. The van der Waals surface area contributed by atoms with Gasteiger partial charge in [-0.25, -0.2) is 4.79 Å². The molecule has 0 radical (unpaired) electrons. The van der Waals surface area contributed by atoms with Crippen LogP contribution in [0.3, 0.4) is 0 Å². The van der Waals surface area contributed by atoms with E-state index in [0.29, 0.717) is 28.9 Å². The van der Waals surface area contributed by atoms with Crippen molar-refractivity contribution in [1.29, 1.82) is 0 Å². The molecule has 1 aromatic carbocycles. The number of aliphatic hydroxyl groups is 1.